The van der Waals surface area contributed by atoms with Crippen molar-refractivity contribution in [2.45, 2.75) is 13.8 Å². The number of rotatable bonds is 2. The number of nitrogens with two attached hydrogens (primary N) is 1. The molecule has 0 saturated carbocycles. The van der Waals surface area contributed by atoms with Crippen LogP contribution in [0.1, 0.15) is 16.7 Å². The van der Waals surface area contributed by atoms with E-state index >= 15 is 0 Å². The highest BCUT2D eigenvalue weighted by Crippen LogP contribution is 2.21. The molecule has 3 N–H and O–H groups in total. The van der Waals surface area contributed by atoms with E-state index in [0.717, 1.165) is 5.69 Å². The zero-order chi connectivity index (χ0) is 13.1. The molecule has 0 fully saturated rings. The van der Waals surface area contributed by atoms with Gasteiger partial charge >= 0.3 is 0 Å². The van der Waals surface area contributed by atoms with Gasteiger partial charge in [-0.25, -0.2) is 4.98 Å². The van der Waals surface area contributed by atoms with Crippen molar-refractivity contribution in [2.75, 3.05) is 11.1 Å². The minimum Gasteiger partial charge on any atom is -0.397 e. The Morgan fingerprint density at radius 3 is 2.67 bits per heavy atom. The van der Waals surface area contributed by atoms with Gasteiger partial charge < -0.3 is 11.1 Å². The Balaban J connectivity index is 2.34. The topological polar surface area (TPSA) is 74.7 Å². The van der Waals surface area contributed by atoms with Gasteiger partial charge in [-0.2, -0.15) is 5.26 Å². The van der Waals surface area contributed by atoms with Crippen molar-refractivity contribution in [2.24, 2.45) is 0 Å². The van der Waals surface area contributed by atoms with Crippen molar-refractivity contribution < 1.29 is 0 Å². The molecule has 0 aliphatic rings. The minimum atomic E-state index is 0.438. The van der Waals surface area contributed by atoms with Crippen molar-refractivity contribution in [3.05, 3.63) is 47.2 Å². The Bertz CT molecular complexity index is 626. The molecule has 0 aliphatic heterocycles. The molecule has 0 radical (unpaired) electrons. The van der Waals surface area contributed by atoms with E-state index in [1.807, 2.05) is 25.1 Å². The van der Waals surface area contributed by atoms with Gasteiger partial charge in [-0.05, 0) is 43.2 Å². The summed E-state index contributed by atoms with van der Waals surface area (Å²) < 4.78 is 0. The molecule has 0 spiro atoms. The average Bonchev–Trinajstić information content (AvgIpc) is 2.36. The Morgan fingerprint density at radius 1 is 1.22 bits per heavy atom. The van der Waals surface area contributed by atoms with E-state index in [1.165, 1.54) is 17.3 Å². The van der Waals surface area contributed by atoms with Crippen LogP contribution in [-0.4, -0.2) is 4.98 Å². The molecule has 4 heteroatoms. The molecule has 1 heterocycles. The van der Waals surface area contributed by atoms with Crippen molar-refractivity contribution in [1.29, 1.82) is 5.26 Å². The lowest BCUT2D eigenvalue weighted by Gasteiger charge is -2.09. The third-order valence-electron chi connectivity index (χ3n) is 2.80. The second-order valence-electron chi connectivity index (χ2n) is 4.20. The molecule has 0 unspecified atom stereocenters. The van der Waals surface area contributed by atoms with E-state index in [2.05, 4.69) is 23.3 Å². The average molecular weight is 238 g/mol. The fourth-order valence-electron chi connectivity index (χ4n) is 1.62. The standard InChI is InChI=1S/C14H14N4/c1-9-3-4-13(5-10(9)2)18-14-11(7-15)6-12(16)8-17-14/h3-6,8H,16H2,1-2H3,(H,17,18). The molecule has 0 aliphatic carbocycles. The Hall–Kier alpha value is -2.54. The first-order valence-electron chi connectivity index (χ1n) is 5.60. The largest absolute Gasteiger partial charge is 0.397 e. The zero-order valence-corrected chi connectivity index (χ0v) is 10.4. The van der Waals surface area contributed by atoms with Gasteiger partial charge in [-0.15, -0.1) is 0 Å². The summed E-state index contributed by atoms with van der Waals surface area (Å²) in [5.74, 6) is 0.523. The molecule has 0 amide bonds. The SMILES string of the molecule is Cc1ccc(Nc2ncc(N)cc2C#N)cc1C. The number of pyridine rings is 1. The number of nitrogens with one attached hydrogen (secondary N) is 1. The fraction of sp³-hybridized carbons (Fsp3) is 0.143. The molecule has 90 valence electrons. The quantitative estimate of drug-likeness (QED) is 0.843. The van der Waals surface area contributed by atoms with E-state index in [4.69, 9.17) is 11.0 Å². The van der Waals surface area contributed by atoms with E-state index in [0.29, 0.717) is 17.1 Å². The summed E-state index contributed by atoms with van der Waals surface area (Å²) in [5.41, 5.74) is 9.85. The highest BCUT2D eigenvalue weighted by Gasteiger charge is 2.05. The minimum absolute atomic E-state index is 0.438. The highest BCUT2D eigenvalue weighted by molar-refractivity contribution is 5.65. The van der Waals surface area contributed by atoms with Crippen molar-refractivity contribution >= 4 is 17.2 Å². The molecular formula is C14H14N4. The second-order valence-corrected chi connectivity index (χ2v) is 4.20. The van der Waals surface area contributed by atoms with Gasteiger partial charge in [-0.3, -0.25) is 0 Å². The lowest BCUT2D eigenvalue weighted by atomic mass is 10.1. The van der Waals surface area contributed by atoms with Crippen LogP contribution >= 0.6 is 0 Å². The number of aryl methyl sites for hydroxylation is 2. The number of nitrogen functional groups attached to an aromatic ring is 1. The van der Waals surface area contributed by atoms with Crippen LogP contribution in [0.5, 0.6) is 0 Å². The summed E-state index contributed by atoms with van der Waals surface area (Å²) in [6.07, 6.45) is 1.53. The summed E-state index contributed by atoms with van der Waals surface area (Å²) in [5, 5.41) is 12.2. The predicted octanol–water partition coefficient (Wildman–Crippen LogP) is 2.90. The molecule has 2 aromatic rings. The normalized spacial score (nSPS) is 9.83. The number of hydrogen-bond donors (Lipinski definition) is 2. The molecule has 4 nitrogen and oxygen atoms in total. The van der Waals surface area contributed by atoms with Gasteiger partial charge in [0.2, 0.25) is 0 Å². The first-order chi connectivity index (χ1) is 8.60. The maximum atomic E-state index is 9.03. The van der Waals surface area contributed by atoms with Gasteiger partial charge in [0.05, 0.1) is 17.4 Å². The van der Waals surface area contributed by atoms with Crippen molar-refractivity contribution in [1.82, 2.24) is 4.98 Å². The Labute approximate surface area is 106 Å². The molecule has 0 atom stereocenters. The number of anilines is 3. The summed E-state index contributed by atoms with van der Waals surface area (Å²) >= 11 is 0. The highest BCUT2D eigenvalue weighted by atomic mass is 15.0. The van der Waals surface area contributed by atoms with Crippen molar-refractivity contribution in [3.63, 3.8) is 0 Å². The van der Waals surface area contributed by atoms with E-state index in [-0.39, 0.29) is 0 Å². The van der Waals surface area contributed by atoms with Crippen LogP contribution in [0.15, 0.2) is 30.5 Å². The van der Waals surface area contributed by atoms with E-state index in [9.17, 15) is 0 Å². The van der Waals surface area contributed by atoms with Gasteiger partial charge in [0.25, 0.3) is 0 Å². The zero-order valence-electron chi connectivity index (χ0n) is 10.4. The third kappa shape index (κ3) is 2.41. The third-order valence-corrected chi connectivity index (χ3v) is 2.80. The number of benzene rings is 1. The summed E-state index contributed by atoms with van der Waals surface area (Å²) in [6, 6.07) is 9.70. The molecule has 0 bridgehead atoms. The van der Waals surface area contributed by atoms with Crippen LogP contribution in [0.2, 0.25) is 0 Å². The molecule has 1 aromatic heterocycles. The van der Waals surface area contributed by atoms with Crippen LogP contribution in [0, 0.1) is 25.2 Å². The number of aromatic nitrogens is 1. The van der Waals surface area contributed by atoms with Gasteiger partial charge in [0, 0.05) is 5.69 Å². The maximum Gasteiger partial charge on any atom is 0.148 e. The summed E-state index contributed by atoms with van der Waals surface area (Å²) in [7, 11) is 0. The Morgan fingerprint density at radius 2 is 2.00 bits per heavy atom. The molecular weight excluding hydrogens is 224 g/mol. The van der Waals surface area contributed by atoms with Crippen molar-refractivity contribution in [3.8, 4) is 6.07 Å². The predicted molar refractivity (Wildman–Crippen MR) is 72.6 cm³/mol. The first-order valence-corrected chi connectivity index (χ1v) is 5.60. The van der Waals surface area contributed by atoms with Crippen LogP contribution in [0.4, 0.5) is 17.2 Å². The van der Waals surface area contributed by atoms with Crippen LogP contribution in [-0.2, 0) is 0 Å². The van der Waals surface area contributed by atoms with Gasteiger partial charge in [-0.1, -0.05) is 6.07 Å². The number of nitrogens with zero attached hydrogens (tertiary/aromatic N) is 2. The van der Waals surface area contributed by atoms with Crippen LogP contribution < -0.4 is 11.1 Å². The molecule has 2 rings (SSSR count). The summed E-state index contributed by atoms with van der Waals surface area (Å²) in [4.78, 5) is 4.14. The molecule has 18 heavy (non-hydrogen) atoms. The lowest BCUT2D eigenvalue weighted by molar-refractivity contribution is 1.27. The summed E-state index contributed by atoms with van der Waals surface area (Å²) in [6.45, 7) is 4.10. The lowest BCUT2D eigenvalue weighted by Crippen LogP contribution is -1.99. The van der Waals surface area contributed by atoms with Crippen LogP contribution in [0.25, 0.3) is 0 Å². The first kappa shape index (κ1) is 11.9. The van der Waals surface area contributed by atoms with Crippen LogP contribution in [0.3, 0.4) is 0 Å². The second kappa shape index (κ2) is 4.76. The van der Waals surface area contributed by atoms with E-state index in [1.54, 1.807) is 6.07 Å². The number of nitriles is 1. The monoisotopic (exact) mass is 238 g/mol. The smallest absolute Gasteiger partial charge is 0.148 e. The maximum absolute atomic E-state index is 9.03. The molecule has 1 aromatic carbocycles. The van der Waals surface area contributed by atoms with E-state index < -0.39 is 0 Å². The fourth-order valence-corrected chi connectivity index (χ4v) is 1.62. The molecule has 0 saturated heterocycles. The Kier molecular flexibility index (Phi) is 3.16. The van der Waals surface area contributed by atoms with Gasteiger partial charge in [0.1, 0.15) is 11.9 Å². The number of hydrogen-bond acceptors (Lipinski definition) is 4. The van der Waals surface area contributed by atoms with Gasteiger partial charge in [0.15, 0.2) is 0 Å².